The van der Waals surface area contributed by atoms with E-state index in [9.17, 15) is 36.6 Å². The normalized spacial score (nSPS) is 35.2. The molecule has 0 bridgehead atoms. The van der Waals surface area contributed by atoms with Crippen molar-refractivity contribution < 1.29 is 36.6 Å². The zero-order valence-corrected chi connectivity index (χ0v) is 10.2. The molecule has 1 fully saturated rings. The summed E-state index contributed by atoms with van der Waals surface area (Å²) in [5, 5.41) is 19.2. The Morgan fingerprint density at radius 1 is 0.900 bits per heavy atom. The van der Waals surface area contributed by atoms with E-state index < -0.39 is 48.2 Å². The van der Waals surface area contributed by atoms with Crippen molar-refractivity contribution in [2.24, 2.45) is 17.8 Å². The van der Waals surface area contributed by atoms with Gasteiger partial charge in [0.1, 0.15) is 0 Å². The number of allylic oxidation sites excluding steroid dienone is 2. The van der Waals surface area contributed by atoms with Gasteiger partial charge in [0, 0.05) is 5.92 Å². The minimum Gasteiger partial charge on any atom is -0.392 e. The molecule has 2 nitrogen and oxygen atoms in total. The topological polar surface area (TPSA) is 40.5 Å². The van der Waals surface area contributed by atoms with Crippen LogP contribution in [0.15, 0.2) is 12.2 Å². The van der Waals surface area contributed by atoms with Gasteiger partial charge in [0.25, 0.3) is 5.60 Å². The number of aliphatic hydroxyl groups is 2. The van der Waals surface area contributed by atoms with Gasteiger partial charge in [0.05, 0.1) is 6.10 Å². The highest BCUT2D eigenvalue weighted by Crippen LogP contribution is 2.56. The van der Waals surface area contributed by atoms with Crippen molar-refractivity contribution in [3.8, 4) is 0 Å². The summed E-state index contributed by atoms with van der Waals surface area (Å²) in [6.45, 7) is 0. The number of aliphatic hydroxyl groups excluding tert-OH is 1. The molecule has 0 radical (unpaired) electrons. The summed E-state index contributed by atoms with van der Waals surface area (Å²) in [6.07, 6.45) is -10.2. The lowest BCUT2D eigenvalue weighted by Gasteiger charge is -2.38. The average Bonchev–Trinajstić information content (AvgIpc) is 2.64. The SMILES string of the molecule is OC1C2CC=CCC2CC1C(O)(C(F)(F)F)C(F)(F)F. The molecule has 0 amide bonds. The molecular weight excluding hydrogens is 290 g/mol. The second kappa shape index (κ2) is 4.62. The van der Waals surface area contributed by atoms with Crippen molar-refractivity contribution in [1.29, 1.82) is 0 Å². The first-order chi connectivity index (χ1) is 9.00. The molecule has 4 unspecified atom stereocenters. The third-order valence-electron chi connectivity index (χ3n) is 4.43. The van der Waals surface area contributed by atoms with Crippen LogP contribution in [0.2, 0.25) is 0 Å². The largest absolute Gasteiger partial charge is 0.426 e. The number of rotatable bonds is 1. The minimum atomic E-state index is -5.88. The van der Waals surface area contributed by atoms with Gasteiger partial charge >= 0.3 is 12.4 Å². The van der Waals surface area contributed by atoms with Crippen LogP contribution in [-0.4, -0.2) is 34.3 Å². The summed E-state index contributed by atoms with van der Waals surface area (Å²) in [5.41, 5.74) is -4.86. The van der Waals surface area contributed by atoms with Gasteiger partial charge in [-0.15, -0.1) is 0 Å². The van der Waals surface area contributed by atoms with Crippen LogP contribution >= 0.6 is 0 Å². The maximum absolute atomic E-state index is 12.8. The Hall–Kier alpha value is -0.760. The highest BCUT2D eigenvalue weighted by atomic mass is 19.4. The van der Waals surface area contributed by atoms with Gasteiger partial charge in [0.2, 0.25) is 0 Å². The van der Waals surface area contributed by atoms with Crippen LogP contribution < -0.4 is 0 Å². The van der Waals surface area contributed by atoms with Gasteiger partial charge in [-0.1, -0.05) is 12.2 Å². The highest BCUT2D eigenvalue weighted by molar-refractivity contribution is 5.11. The molecule has 0 aliphatic heterocycles. The van der Waals surface area contributed by atoms with E-state index in [0.717, 1.165) is 0 Å². The second-order valence-electron chi connectivity index (χ2n) is 5.46. The summed E-state index contributed by atoms with van der Waals surface area (Å²) >= 11 is 0. The van der Waals surface area contributed by atoms with Gasteiger partial charge in [-0.3, -0.25) is 0 Å². The summed E-state index contributed by atoms with van der Waals surface area (Å²) in [6, 6.07) is 0. The van der Waals surface area contributed by atoms with E-state index in [1.807, 2.05) is 0 Å². The molecule has 2 rings (SSSR count). The zero-order valence-electron chi connectivity index (χ0n) is 10.2. The summed E-state index contributed by atoms with van der Waals surface area (Å²) in [7, 11) is 0. The van der Waals surface area contributed by atoms with Gasteiger partial charge < -0.3 is 10.2 Å². The molecule has 0 heterocycles. The maximum atomic E-state index is 12.8. The maximum Gasteiger partial charge on any atom is 0.426 e. The predicted octanol–water partition coefficient (Wildman–Crippen LogP) is 2.81. The monoisotopic (exact) mass is 304 g/mol. The van der Waals surface area contributed by atoms with Crippen LogP contribution in [0, 0.1) is 17.8 Å². The summed E-state index contributed by atoms with van der Waals surface area (Å²) in [4.78, 5) is 0. The average molecular weight is 304 g/mol. The Morgan fingerprint density at radius 2 is 1.40 bits per heavy atom. The second-order valence-corrected chi connectivity index (χ2v) is 5.46. The Morgan fingerprint density at radius 3 is 1.85 bits per heavy atom. The standard InChI is InChI=1S/C12H14F6O2/c13-11(14,15)10(20,12(16,17)18)8-5-6-3-1-2-4-7(6)9(8)19/h1-2,6-9,19-20H,3-5H2. The third-order valence-corrected chi connectivity index (χ3v) is 4.43. The number of alkyl halides is 6. The van der Waals surface area contributed by atoms with Crippen LogP contribution in [0.1, 0.15) is 19.3 Å². The quantitative estimate of drug-likeness (QED) is 0.578. The number of hydrogen-bond donors (Lipinski definition) is 2. The molecule has 20 heavy (non-hydrogen) atoms. The van der Waals surface area contributed by atoms with Crippen LogP contribution in [0.25, 0.3) is 0 Å². The summed E-state index contributed by atoms with van der Waals surface area (Å²) < 4.78 is 76.8. The van der Waals surface area contributed by atoms with Gasteiger partial charge in [-0.25, -0.2) is 0 Å². The lowest BCUT2D eigenvalue weighted by Crippen LogP contribution is -2.63. The van der Waals surface area contributed by atoms with E-state index in [4.69, 9.17) is 0 Å². The highest BCUT2D eigenvalue weighted by Gasteiger charge is 2.76. The Kier molecular flexibility index (Phi) is 3.61. The van der Waals surface area contributed by atoms with Crippen molar-refractivity contribution in [1.82, 2.24) is 0 Å². The molecule has 2 aliphatic carbocycles. The lowest BCUT2D eigenvalue weighted by molar-refractivity contribution is -0.390. The molecule has 1 saturated carbocycles. The van der Waals surface area contributed by atoms with Crippen molar-refractivity contribution in [3.05, 3.63) is 12.2 Å². The fraction of sp³-hybridized carbons (Fsp3) is 0.833. The minimum absolute atomic E-state index is 0.230. The molecule has 2 N–H and O–H groups in total. The van der Waals surface area contributed by atoms with E-state index >= 15 is 0 Å². The van der Waals surface area contributed by atoms with E-state index in [0.29, 0.717) is 6.42 Å². The Bertz CT molecular complexity index is 386. The number of hydrogen-bond acceptors (Lipinski definition) is 2. The predicted molar refractivity (Wildman–Crippen MR) is 56.5 cm³/mol. The zero-order chi connectivity index (χ0) is 15.3. The van der Waals surface area contributed by atoms with Crippen LogP contribution in [0.3, 0.4) is 0 Å². The van der Waals surface area contributed by atoms with Gasteiger partial charge in [0.15, 0.2) is 0 Å². The molecule has 116 valence electrons. The molecular formula is C12H14F6O2. The Labute approximate surface area is 111 Å². The smallest absolute Gasteiger partial charge is 0.392 e. The van der Waals surface area contributed by atoms with Crippen molar-refractivity contribution in [2.45, 2.75) is 43.3 Å². The Balaban J connectivity index is 2.37. The first-order valence-corrected chi connectivity index (χ1v) is 6.19. The molecule has 0 aromatic rings. The number of fused-ring (bicyclic) bond motifs is 1. The van der Waals surface area contributed by atoms with Crippen molar-refractivity contribution in [2.75, 3.05) is 0 Å². The molecule has 4 atom stereocenters. The molecule has 0 saturated heterocycles. The molecule has 0 aromatic carbocycles. The van der Waals surface area contributed by atoms with E-state index in [-0.39, 0.29) is 6.42 Å². The van der Waals surface area contributed by atoms with E-state index in [1.165, 1.54) is 0 Å². The van der Waals surface area contributed by atoms with Gasteiger partial charge in [-0.05, 0) is 31.1 Å². The molecule has 0 aromatic heterocycles. The van der Waals surface area contributed by atoms with E-state index in [1.54, 1.807) is 12.2 Å². The fourth-order valence-corrected chi connectivity index (χ4v) is 3.34. The van der Waals surface area contributed by atoms with Crippen molar-refractivity contribution in [3.63, 3.8) is 0 Å². The first kappa shape index (κ1) is 15.6. The number of halogens is 6. The third kappa shape index (κ3) is 2.13. The first-order valence-electron chi connectivity index (χ1n) is 6.19. The van der Waals surface area contributed by atoms with Gasteiger partial charge in [-0.2, -0.15) is 26.3 Å². The molecule has 2 aliphatic rings. The van der Waals surface area contributed by atoms with Crippen LogP contribution in [0.5, 0.6) is 0 Å². The van der Waals surface area contributed by atoms with Crippen LogP contribution in [0.4, 0.5) is 26.3 Å². The van der Waals surface area contributed by atoms with Crippen molar-refractivity contribution >= 4 is 0 Å². The van der Waals surface area contributed by atoms with Crippen LogP contribution in [-0.2, 0) is 0 Å². The van der Waals surface area contributed by atoms with E-state index in [2.05, 4.69) is 0 Å². The lowest BCUT2D eigenvalue weighted by atomic mass is 9.81. The summed E-state index contributed by atoms with van der Waals surface area (Å²) in [5.74, 6) is -3.41. The molecule has 8 heteroatoms. The molecule has 0 spiro atoms. The fourth-order valence-electron chi connectivity index (χ4n) is 3.34.